The van der Waals surface area contributed by atoms with Gasteiger partial charge in [-0.1, -0.05) is 12.1 Å². The van der Waals surface area contributed by atoms with E-state index in [2.05, 4.69) is 9.97 Å². The summed E-state index contributed by atoms with van der Waals surface area (Å²) in [7, 11) is 0. The maximum atomic E-state index is 11.6. The molecule has 0 radical (unpaired) electrons. The first-order valence-electron chi connectivity index (χ1n) is 5.48. The summed E-state index contributed by atoms with van der Waals surface area (Å²) in [5.41, 5.74) is 1.85. The Labute approximate surface area is 102 Å². The fourth-order valence-corrected chi connectivity index (χ4v) is 1.64. The van der Waals surface area contributed by atoms with Crippen molar-refractivity contribution in [1.29, 1.82) is 0 Å². The van der Waals surface area contributed by atoms with E-state index in [1.165, 1.54) is 0 Å². The summed E-state index contributed by atoms with van der Waals surface area (Å²) in [5.74, 6) is -0.0432. The van der Waals surface area contributed by atoms with Crippen LogP contribution < -0.4 is 0 Å². The Hall–Kier alpha value is -2.56. The lowest BCUT2D eigenvalue weighted by Gasteiger charge is -1.99. The van der Waals surface area contributed by atoms with Crippen molar-refractivity contribution in [2.45, 2.75) is 6.61 Å². The Balaban J connectivity index is 1.71. The zero-order chi connectivity index (χ0) is 12.4. The number of aromatic nitrogens is 2. The first kappa shape index (κ1) is 10.6. The highest BCUT2D eigenvalue weighted by molar-refractivity contribution is 5.87. The number of aromatic amines is 1. The Morgan fingerprint density at radius 1 is 1.28 bits per heavy atom. The lowest BCUT2D eigenvalue weighted by atomic mass is 10.3. The maximum absolute atomic E-state index is 11.6. The molecule has 0 aliphatic heterocycles. The predicted octanol–water partition coefficient (Wildman–Crippen LogP) is 2.51. The molecule has 1 aromatic carbocycles. The number of carbonyl (C=O) groups is 1. The number of nitrogens with zero attached hydrogens (tertiary/aromatic N) is 1. The molecule has 0 aliphatic rings. The monoisotopic (exact) mass is 242 g/mol. The summed E-state index contributed by atoms with van der Waals surface area (Å²) in [6, 6.07) is 10.8. The van der Waals surface area contributed by atoms with Crippen LogP contribution in [0.1, 0.15) is 16.4 Å². The van der Waals surface area contributed by atoms with Crippen LogP contribution in [0.4, 0.5) is 0 Å². The van der Waals surface area contributed by atoms with Crippen LogP contribution in [0.5, 0.6) is 0 Å². The number of fused-ring (bicyclic) bond motifs is 1. The van der Waals surface area contributed by atoms with Crippen molar-refractivity contribution >= 4 is 17.1 Å². The van der Waals surface area contributed by atoms with Gasteiger partial charge in [-0.25, -0.2) is 9.78 Å². The number of esters is 1. The molecular formula is C13H10N2O3. The number of para-hydroxylation sites is 2. The number of rotatable bonds is 3. The molecule has 18 heavy (non-hydrogen) atoms. The number of hydrogen-bond acceptors (Lipinski definition) is 4. The highest BCUT2D eigenvalue weighted by atomic mass is 16.5. The number of hydrogen-bond donors (Lipinski definition) is 1. The molecule has 1 N–H and O–H groups in total. The molecule has 0 saturated heterocycles. The van der Waals surface area contributed by atoms with Gasteiger partial charge in [0.05, 0.1) is 0 Å². The smallest absolute Gasteiger partial charge is 0.355 e. The summed E-state index contributed by atoms with van der Waals surface area (Å²) in [6.07, 6.45) is 1.66. The molecule has 0 spiro atoms. The van der Waals surface area contributed by atoms with Gasteiger partial charge in [-0.15, -0.1) is 0 Å². The second-order valence-corrected chi connectivity index (χ2v) is 3.74. The number of carbonyl (C=O) groups excluding carboxylic acids is 1. The van der Waals surface area contributed by atoms with Gasteiger partial charge in [-0.05, 0) is 24.3 Å². The Kier molecular flexibility index (Phi) is 2.57. The maximum Gasteiger partial charge on any atom is 0.355 e. The van der Waals surface area contributed by atoms with Gasteiger partial charge in [-0.3, -0.25) is 0 Å². The molecule has 3 rings (SSSR count). The molecule has 0 aliphatic carbocycles. The second-order valence-electron chi connectivity index (χ2n) is 3.74. The average molecular weight is 242 g/mol. The second kappa shape index (κ2) is 4.37. The summed E-state index contributed by atoms with van der Waals surface area (Å²) in [5, 5.41) is 0. The minimum Gasteiger partial charge on any atom is -0.451 e. The summed E-state index contributed by atoms with van der Waals surface area (Å²) < 4.78 is 10.5. The Morgan fingerprint density at radius 3 is 2.94 bits per heavy atom. The van der Waals surface area contributed by atoms with E-state index in [0.29, 0.717) is 17.2 Å². The van der Waals surface area contributed by atoms with Crippen LogP contribution in [0.3, 0.4) is 0 Å². The molecule has 2 aromatic heterocycles. The molecule has 90 valence electrons. The van der Waals surface area contributed by atoms with Gasteiger partial charge in [0, 0.05) is 6.20 Å². The van der Waals surface area contributed by atoms with Gasteiger partial charge >= 0.3 is 5.97 Å². The molecule has 5 nitrogen and oxygen atoms in total. The first-order valence-corrected chi connectivity index (χ1v) is 5.48. The van der Waals surface area contributed by atoms with E-state index in [0.717, 1.165) is 5.52 Å². The minimum atomic E-state index is -0.428. The zero-order valence-corrected chi connectivity index (χ0v) is 9.42. The van der Waals surface area contributed by atoms with Crippen molar-refractivity contribution in [1.82, 2.24) is 9.97 Å². The van der Waals surface area contributed by atoms with Gasteiger partial charge in [0.1, 0.15) is 11.2 Å². The van der Waals surface area contributed by atoms with Crippen molar-refractivity contribution in [2.24, 2.45) is 0 Å². The SMILES string of the molecule is O=C(OCc1nc2ccccc2o1)c1ccc[nH]1. The minimum absolute atomic E-state index is 0.0204. The van der Waals surface area contributed by atoms with E-state index in [1.807, 2.05) is 24.3 Å². The third-order valence-electron chi connectivity index (χ3n) is 2.48. The van der Waals surface area contributed by atoms with Gasteiger partial charge in [0.2, 0.25) is 5.89 Å². The quantitative estimate of drug-likeness (QED) is 0.716. The van der Waals surface area contributed by atoms with Crippen LogP contribution in [-0.2, 0) is 11.3 Å². The van der Waals surface area contributed by atoms with Crippen LogP contribution in [0, 0.1) is 0 Å². The number of nitrogens with one attached hydrogen (secondary N) is 1. The van der Waals surface area contributed by atoms with E-state index in [9.17, 15) is 4.79 Å². The average Bonchev–Trinajstić information content (AvgIpc) is 3.04. The van der Waals surface area contributed by atoms with E-state index in [1.54, 1.807) is 18.3 Å². The van der Waals surface area contributed by atoms with E-state index >= 15 is 0 Å². The molecule has 0 bridgehead atoms. The molecule has 0 fully saturated rings. The Morgan fingerprint density at radius 2 is 2.17 bits per heavy atom. The molecule has 5 heteroatoms. The lowest BCUT2D eigenvalue weighted by molar-refractivity contribution is 0.0434. The van der Waals surface area contributed by atoms with Gasteiger partial charge in [0.25, 0.3) is 0 Å². The highest BCUT2D eigenvalue weighted by Gasteiger charge is 2.10. The molecule has 0 saturated carbocycles. The van der Waals surface area contributed by atoms with E-state index in [-0.39, 0.29) is 6.61 Å². The standard InChI is InChI=1S/C13H10N2O3/c16-13(10-5-3-7-14-10)17-8-12-15-9-4-1-2-6-11(9)18-12/h1-7,14H,8H2. The fourth-order valence-electron chi connectivity index (χ4n) is 1.64. The zero-order valence-electron chi connectivity index (χ0n) is 9.42. The number of benzene rings is 1. The number of H-pyrrole nitrogens is 1. The molecule has 3 aromatic rings. The van der Waals surface area contributed by atoms with Crippen LogP contribution >= 0.6 is 0 Å². The van der Waals surface area contributed by atoms with Crippen molar-refractivity contribution in [3.05, 3.63) is 54.2 Å². The number of ether oxygens (including phenoxy) is 1. The van der Waals surface area contributed by atoms with Gasteiger partial charge < -0.3 is 14.1 Å². The summed E-state index contributed by atoms with van der Waals surface area (Å²) in [4.78, 5) is 18.6. The number of oxazole rings is 1. The Bertz CT molecular complexity index is 637. The normalized spacial score (nSPS) is 10.7. The highest BCUT2D eigenvalue weighted by Crippen LogP contribution is 2.15. The first-order chi connectivity index (χ1) is 8.83. The third-order valence-corrected chi connectivity index (χ3v) is 2.48. The van der Waals surface area contributed by atoms with Crippen molar-refractivity contribution in [3.8, 4) is 0 Å². The van der Waals surface area contributed by atoms with Gasteiger partial charge in [-0.2, -0.15) is 0 Å². The van der Waals surface area contributed by atoms with Crippen molar-refractivity contribution in [3.63, 3.8) is 0 Å². The van der Waals surface area contributed by atoms with Crippen molar-refractivity contribution < 1.29 is 13.9 Å². The topological polar surface area (TPSA) is 68.1 Å². The molecule has 2 heterocycles. The largest absolute Gasteiger partial charge is 0.451 e. The van der Waals surface area contributed by atoms with Crippen LogP contribution in [0.25, 0.3) is 11.1 Å². The van der Waals surface area contributed by atoms with Gasteiger partial charge in [0.15, 0.2) is 12.2 Å². The van der Waals surface area contributed by atoms with Crippen LogP contribution in [0.15, 0.2) is 47.0 Å². The predicted molar refractivity (Wildman–Crippen MR) is 63.9 cm³/mol. The third kappa shape index (κ3) is 1.98. The van der Waals surface area contributed by atoms with E-state index < -0.39 is 5.97 Å². The summed E-state index contributed by atoms with van der Waals surface area (Å²) in [6.45, 7) is 0.0204. The van der Waals surface area contributed by atoms with Crippen LogP contribution in [0.2, 0.25) is 0 Å². The molecular weight excluding hydrogens is 232 g/mol. The summed E-state index contributed by atoms with van der Waals surface area (Å²) >= 11 is 0. The molecule has 0 unspecified atom stereocenters. The fraction of sp³-hybridized carbons (Fsp3) is 0.0769. The van der Waals surface area contributed by atoms with E-state index in [4.69, 9.17) is 9.15 Å². The molecule has 0 amide bonds. The lowest BCUT2D eigenvalue weighted by Crippen LogP contribution is -2.05. The van der Waals surface area contributed by atoms with Crippen molar-refractivity contribution in [2.75, 3.05) is 0 Å². The van der Waals surface area contributed by atoms with Crippen LogP contribution in [-0.4, -0.2) is 15.9 Å². The molecule has 0 atom stereocenters.